The molecule has 1 aliphatic rings. The first-order valence-electron chi connectivity index (χ1n) is 9.86. The number of fused-ring (bicyclic) bond motifs is 1. The molecule has 30 heavy (non-hydrogen) atoms. The van der Waals surface area contributed by atoms with E-state index in [1.165, 1.54) is 17.4 Å². The number of nitriles is 1. The highest BCUT2D eigenvalue weighted by molar-refractivity contribution is 7.16. The Hall–Kier alpha value is -2.63. The lowest BCUT2D eigenvalue weighted by molar-refractivity contribution is -0.111. The highest BCUT2D eigenvalue weighted by Crippen LogP contribution is 2.38. The summed E-state index contributed by atoms with van der Waals surface area (Å²) in [5.41, 5.74) is 1.48. The van der Waals surface area contributed by atoms with Gasteiger partial charge in [0.2, 0.25) is 5.91 Å². The third kappa shape index (κ3) is 5.49. The van der Waals surface area contributed by atoms with Gasteiger partial charge >= 0.3 is 6.09 Å². The van der Waals surface area contributed by atoms with Gasteiger partial charge in [0.1, 0.15) is 17.2 Å². The second-order valence-electron chi connectivity index (χ2n) is 7.68. The molecule has 1 aliphatic carbocycles. The number of hydrogen-bond acceptors (Lipinski definition) is 6. The Kier molecular flexibility index (Phi) is 7.29. The lowest BCUT2D eigenvalue weighted by atomic mass is 9.94. The summed E-state index contributed by atoms with van der Waals surface area (Å²) in [6.45, 7) is 4.75. The summed E-state index contributed by atoms with van der Waals surface area (Å²) >= 11 is 2.95. The van der Waals surface area contributed by atoms with Crippen LogP contribution in [0.5, 0.6) is 0 Å². The number of anilines is 1. The van der Waals surface area contributed by atoms with Crippen molar-refractivity contribution in [3.05, 3.63) is 44.5 Å². The number of amides is 2. The molecule has 2 heterocycles. The van der Waals surface area contributed by atoms with Crippen molar-refractivity contribution in [1.29, 1.82) is 5.26 Å². The predicted molar refractivity (Wildman–Crippen MR) is 121 cm³/mol. The van der Waals surface area contributed by atoms with Crippen molar-refractivity contribution in [2.24, 2.45) is 5.92 Å². The minimum absolute atomic E-state index is 0.216. The SMILES string of the molecule is CC(C)CN(C)C(=O)OC1CCc2c(sc(NC(=O)C=Cc3cccs3)c2C#N)C1. The van der Waals surface area contributed by atoms with Crippen LogP contribution in [0, 0.1) is 17.2 Å². The van der Waals surface area contributed by atoms with Gasteiger partial charge in [-0.15, -0.1) is 22.7 Å². The molecule has 6 nitrogen and oxygen atoms in total. The van der Waals surface area contributed by atoms with Gasteiger partial charge in [-0.1, -0.05) is 19.9 Å². The van der Waals surface area contributed by atoms with E-state index in [1.54, 1.807) is 29.4 Å². The Morgan fingerprint density at radius 2 is 2.27 bits per heavy atom. The number of hydrogen-bond donors (Lipinski definition) is 1. The quantitative estimate of drug-likeness (QED) is 0.643. The van der Waals surface area contributed by atoms with Crippen LogP contribution in [0.3, 0.4) is 0 Å². The van der Waals surface area contributed by atoms with E-state index in [-0.39, 0.29) is 18.1 Å². The van der Waals surface area contributed by atoms with Crippen molar-refractivity contribution < 1.29 is 14.3 Å². The fraction of sp³-hybridized carbons (Fsp3) is 0.409. The first-order chi connectivity index (χ1) is 14.4. The fourth-order valence-corrected chi connectivity index (χ4v) is 5.30. The zero-order valence-corrected chi connectivity index (χ0v) is 18.9. The average molecular weight is 444 g/mol. The van der Waals surface area contributed by atoms with Crippen LogP contribution in [0.25, 0.3) is 6.08 Å². The van der Waals surface area contributed by atoms with Crippen LogP contribution in [0.4, 0.5) is 9.80 Å². The Morgan fingerprint density at radius 3 is 2.93 bits per heavy atom. The summed E-state index contributed by atoms with van der Waals surface area (Å²) in [6, 6.07) is 6.09. The van der Waals surface area contributed by atoms with Gasteiger partial charge in [0.15, 0.2) is 0 Å². The smallest absolute Gasteiger partial charge is 0.409 e. The van der Waals surface area contributed by atoms with Crippen LogP contribution in [-0.4, -0.2) is 36.6 Å². The third-order valence-electron chi connectivity index (χ3n) is 4.73. The van der Waals surface area contributed by atoms with E-state index in [1.807, 2.05) is 17.5 Å². The minimum Gasteiger partial charge on any atom is -0.446 e. The van der Waals surface area contributed by atoms with E-state index in [0.717, 1.165) is 15.3 Å². The maximum atomic E-state index is 12.3. The molecule has 0 spiro atoms. The summed E-state index contributed by atoms with van der Waals surface area (Å²) in [5, 5.41) is 15.0. The molecule has 0 aromatic carbocycles. The molecular weight excluding hydrogens is 418 g/mol. The Bertz CT molecular complexity index is 971. The van der Waals surface area contributed by atoms with E-state index in [4.69, 9.17) is 4.74 Å². The van der Waals surface area contributed by atoms with Gasteiger partial charge in [0.25, 0.3) is 0 Å². The highest BCUT2D eigenvalue weighted by atomic mass is 32.1. The van der Waals surface area contributed by atoms with Crippen LogP contribution < -0.4 is 5.32 Å². The molecule has 1 unspecified atom stereocenters. The van der Waals surface area contributed by atoms with E-state index in [9.17, 15) is 14.9 Å². The summed E-state index contributed by atoms with van der Waals surface area (Å²) < 4.78 is 5.67. The number of thiophene rings is 2. The van der Waals surface area contributed by atoms with Crippen molar-refractivity contribution in [1.82, 2.24) is 4.90 Å². The summed E-state index contributed by atoms with van der Waals surface area (Å²) in [5.74, 6) is 0.104. The van der Waals surface area contributed by atoms with Crippen molar-refractivity contribution >= 4 is 45.8 Å². The van der Waals surface area contributed by atoms with Crippen LogP contribution in [0.2, 0.25) is 0 Å². The largest absolute Gasteiger partial charge is 0.446 e. The molecule has 2 amide bonds. The second kappa shape index (κ2) is 9.92. The van der Waals surface area contributed by atoms with Gasteiger partial charge in [0, 0.05) is 35.8 Å². The van der Waals surface area contributed by atoms with Crippen LogP contribution >= 0.6 is 22.7 Å². The van der Waals surface area contributed by atoms with Crippen molar-refractivity contribution in [2.45, 2.75) is 39.2 Å². The van der Waals surface area contributed by atoms with Crippen molar-refractivity contribution in [3.8, 4) is 6.07 Å². The zero-order chi connectivity index (χ0) is 21.7. The maximum absolute atomic E-state index is 12.3. The van der Waals surface area contributed by atoms with Crippen LogP contribution in [0.15, 0.2) is 23.6 Å². The Balaban J connectivity index is 1.66. The molecule has 3 rings (SSSR count). The monoisotopic (exact) mass is 443 g/mol. The predicted octanol–water partition coefficient (Wildman–Crippen LogP) is 4.91. The fourth-order valence-electron chi connectivity index (χ4n) is 3.41. The molecule has 0 saturated carbocycles. The van der Waals surface area contributed by atoms with Crippen molar-refractivity contribution in [2.75, 3.05) is 18.9 Å². The van der Waals surface area contributed by atoms with E-state index < -0.39 is 0 Å². The molecule has 158 valence electrons. The normalized spacial score (nSPS) is 15.6. The Labute approximate surface area is 184 Å². The molecule has 2 aromatic heterocycles. The van der Waals surface area contributed by atoms with Crippen molar-refractivity contribution in [3.63, 3.8) is 0 Å². The lowest BCUT2D eigenvalue weighted by Crippen LogP contribution is -2.35. The van der Waals surface area contributed by atoms with Crippen LogP contribution in [0.1, 0.15) is 41.1 Å². The maximum Gasteiger partial charge on any atom is 0.409 e. The first-order valence-corrected chi connectivity index (χ1v) is 11.6. The number of rotatable bonds is 6. The van der Waals surface area contributed by atoms with E-state index in [0.29, 0.717) is 42.3 Å². The number of nitrogens with one attached hydrogen (secondary N) is 1. The molecule has 0 aliphatic heterocycles. The summed E-state index contributed by atoms with van der Waals surface area (Å²) in [4.78, 5) is 28.2. The van der Waals surface area contributed by atoms with Gasteiger partial charge < -0.3 is 15.0 Å². The van der Waals surface area contributed by atoms with Gasteiger partial charge in [0.05, 0.1) is 5.56 Å². The second-order valence-corrected chi connectivity index (χ2v) is 9.77. The molecule has 0 radical (unpaired) electrons. The summed E-state index contributed by atoms with van der Waals surface area (Å²) in [7, 11) is 1.74. The van der Waals surface area contributed by atoms with Gasteiger partial charge in [-0.2, -0.15) is 5.26 Å². The average Bonchev–Trinajstić information content (AvgIpc) is 3.32. The number of carbonyl (C=O) groups is 2. The number of carbonyl (C=O) groups excluding carboxylic acids is 2. The van der Waals surface area contributed by atoms with E-state index in [2.05, 4.69) is 25.2 Å². The first kappa shape index (κ1) is 22.1. The third-order valence-corrected chi connectivity index (χ3v) is 6.74. The standard InChI is InChI=1S/C22H25N3O3S2/c1-14(2)13-25(3)22(27)28-15-6-8-17-18(12-23)21(30-19(17)11-15)24-20(26)9-7-16-5-4-10-29-16/h4-5,7,9-10,14-15H,6,8,11,13H2,1-3H3,(H,24,26). The molecule has 0 bridgehead atoms. The Morgan fingerprint density at radius 1 is 1.47 bits per heavy atom. The van der Waals surface area contributed by atoms with Crippen LogP contribution in [-0.2, 0) is 22.4 Å². The molecule has 0 saturated heterocycles. The number of nitrogens with zero attached hydrogens (tertiary/aromatic N) is 2. The lowest BCUT2D eigenvalue weighted by Gasteiger charge is -2.26. The molecule has 1 N–H and O–H groups in total. The highest BCUT2D eigenvalue weighted by Gasteiger charge is 2.29. The topological polar surface area (TPSA) is 82.4 Å². The van der Waals surface area contributed by atoms with Gasteiger partial charge in [-0.3, -0.25) is 4.79 Å². The minimum atomic E-state index is -0.318. The molecule has 8 heteroatoms. The zero-order valence-electron chi connectivity index (χ0n) is 17.3. The molecular formula is C22H25N3O3S2. The molecule has 0 fully saturated rings. The van der Waals surface area contributed by atoms with Gasteiger partial charge in [-0.05, 0) is 41.8 Å². The molecule has 2 aromatic rings. The summed E-state index contributed by atoms with van der Waals surface area (Å²) in [6.07, 6.45) is 4.58. The number of ether oxygens (including phenoxy) is 1. The molecule has 1 atom stereocenters. The van der Waals surface area contributed by atoms with E-state index >= 15 is 0 Å². The van der Waals surface area contributed by atoms with Gasteiger partial charge in [-0.25, -0.2) is 4.79 Å².